The van der Waals surface area contributed by atoms with Gasteiger partial charge in [0.1, 0.15) is 18.7 Å². The quantitative estimate of drug-likeness (QED) is 0.0716. The molecular formula is C41H68ClN15O6. The van der Waals surface area contributed by atoms with Crippen LogP contribution in [0.5, 0.6) is 0 Å². The Morgan fingerprint density at radius 2 is 1.37 bits per heavy atom. The van der Waals surface area contributed by atoms with Crippen molar-refractivity contribution >= 4 is 42.1 Å². The molecule has 2 aliphatic rings. The molecule has 0 aliphatic carbocycles. The van der Waals surface area contributed by atoms with Gasteiger partial charge in [-0.25, -0.2) is 9.36 Å². The highest BCUT2D eigenvalue weighted by molar-refractivity contribution is 5.85. The Labute approximate surface area is 377 Å². The van der Waals surface area contributed by atoms with Crippen LogP contribution in [-0.4, -0.2) is 183 Å². The van der Waals surface area contributed by atoms with Crippen LogP contribution in [0, 0.1) is 18.3 Å². The average molecular weight is 903 g/mol. The van der Waals surface area contributed by atoms with Crippen molar-refractivity contribution in [2.75, 3.05) is 127 Å². The third-order valence-electron chi connectivity index (χ3n) is 10.8. The third kappa shape index (κ3) is 15.5. The lowest BCUT2D eigenvalue weighted by molar-refractivity contribution is -0.137. The first-order valence-electron chi connectivity index (χ1n) is 22.1. The first-order valence-corrected chi connectivity index (χ1v) is 22.1. The highest BCUT2D eigenvalue weighted by Crippen LogP contribution is 2.25. The number of aliphatic hydroxyl groups excluding tert-OH is 1. The molecule has 4 N–H and O–H groups in total. The summed E-state index contributed by atoms with van der Waals surface area (Å²) in [5.74, 6) is 3.80. The first-order chi connectivity index (χ1) is 30.3. The van der Waals surface area contributed by atoms with Gasteiger partial charge in [-0.3, -0.25) is 9.59 Å². The molecule has 2 amide bonds. The summed E-state index contributed by atoms with van der Waals surface area (Å²) in [6.07, 6.45) is 14.4. The van der Waals surface area contributed by atoms with Gasteiger partial charge in [0.25, 0.3) is 0 Å². The van der Waals surface area contributed by atoms with Crippen molar-refractivity contribution in [1.82, 2.24) is 54.7 Å². The summed E-state index contributed by atoms with van der Waals surface area (Å²) >= 11 is 0. The van der Waals surface area contributed by atoms with Gasteiger partial charge in [-0.2, -0.15) is 15.0 Å². The zero-order valence-corrected chi connectivity index (χ0v) is 38.0. The summed E-state index contributed by atoms with van der Waals surface area (Å²) in [6.45, 7) is 13.5. The van der Waals surface area contributed by atoms with E-state index in [1.165, 1.54) is 0 Å². The zero-order valence-electron chi connectivity index (χ0n) is 37.2. The Balaban J connectivity index is 0.00000871. The number of aliphatic hydroxyl groups is 1. The van der Waals surface area contributed by atoms with Crippen molar-refractivity contribution < 1.29 is 28.9 Å². The highest BCUT2D eigenvalue weighted by Gasteiger charge is 2.34. The van der Waals surface area contributed by atoms with Gasteiger partial charge in [0.2, 0.25) is 29.7 Å². The Morgan fingerprint density at radius 3 is 1.95 bits per heavy atom. The number of nitrogens with zero attached hydrogens (tertiary/aromatic N) is 13. The predicted octanol–water partition coefficient (Wildman–Crippen LogP) is 1.01. The molecular weight excluding hydrogens is 834 g/mol. The molecule has 3 aromatic rings. The molecule has 5 heterocycles. The Hall–Kier alpha value is -4.72. The standard InChI is InChI=1S/C41H67N15O6.ClH/c1-5-7-10-33-30-55(49-47-33)35(11-8-9-13-42)37(58)51-15-19-53(20-16-51)40-44-39(43-14-25-61-27-29-62-28-26-60-24-6-2)45-41(46-40)54-21-17-52(18-22-54)38(59)36(32(3)4)56-31-34(12-23-57)48-50-56;/h2,30-32,35-36,57H,5,7-29,42H2,1,3-4H3,(H,43,44,45,46);1H/t35-,36-;/m0./s1. The van der Waals surface area contributed by atoms with E-state index >= 15 is 0 Å². The van der Waals surface area contributed by atoms with Crippen LogP contribution in [0.4, 0.5) is 17.8 Å². The summed E-state index contributed by atoms with van der Waals surface area (Å²) in [6, 6.07) is -0.965. The van der Waals surface area contributed by atoms with E-state index in [-0.39, 0.29) is 43.4 Å². The van der Waals surface area contributed by atoms with Gasteiger partial charge in [0, 0.05) is 84.3 Å². The van der Waals surface area contributed by atoms with Crippen molar-refractivity contribution in [3.8, 4) is 12.3 Å². The van der Waals surface area contributed by atoms with Gasteiger partial charge in [-0.15, -0.1) is 29.0 Å². The number of ether oxygens (including phenoxy) is 3. The Bertz CT molecular complexity index is 1830. The van der Waals surface area contributed by atoms with Gasteiger partial charge < -0.3 is 50.0 Å². The van der Waals surface area contributed by atoms with Crippen LogP contribution >= 0.6 is 12.4 Å². The molecule has 0 aromatic carbocycles. The van der Waals surface area contributed by atoms with Crippen LogP contribution in [0.25, 0.3) is 0 Å². The molecule has 2 atom stereocenters. The predicted molar refractivity (Wildman–Crippen MR) is 240 cm³/mol. The van der Waals surface area contributed by atoms with Crippen LogP contribution < -0.4 is 20.9 Å². The number of piperazine rings is 2. The minimum absolute atomic E-state index is 0. The number of hydrogen-bond acceptors (Lipinski definition) is 17. The molecule has 5 rings (SSSR count). The lowest BCUT2D eigenvalue weighted by Crippen LogP contribution is -2.52. The smallest absolute Gasteiger partial charge is 0.247 e. The first kappa shape index (κ1) is 50.9. The molecule has 22 heteroatoms. The monoisotopic (exact) mass is 902 g/mol. The van der Waals surface area contributed by atoms with Gasteiger partial charge in [0.15, 0.2) is 0 Å². The highest BCUT2D eigenvalue weighted by atomic mass is 35.5. The van der Waals surface area contributed by atoms with Crippen LogP contribution in [-0.2, 0) is 36.6 Å². The number of anilines is 3. The van der Waals surface area contributed by atoms with Crippen LogP contribution in [0.1, 0.15) is 76.3 Å². The van der Waals surface area contributed by atoms with Crippen molar-refractivity contribution in [2.24, 2.45) is 11.7 Å². The second-order valence-electron chi connectivity index (χ2n) is 15.7. The summed E-state index contributed by atoms with van der Waals surface area (Å²) in [7, 11) is 0. The number of amides is 2. The summed E-state index contributed by atoms with van der Waals surface area (Å²) < 4.78 is 19.9. The van der Waals surface area contributed by atoms with Gasteiger partial charge in [0.05, 0.1) is 44.4 Å². The van der Waals surface area contributed by atoms with E-state index in [4.69, 9.17) is 41.3 Å². The number of carbonyl (C=O) groups excluding carboxylic acids is 2. The van der Waals surface area contributed by atoms with Gasteiger partial charge >= 0.3 is 0 Å². The molecule has 63 heavy (non-hydrogen) atoms. The molecule has 0 bridgehead atoms. The minimum Gasteiger partial charge on any atom is -0.396 e. The average Bonchev–Trinajstić information content (AvgIpc) is 3.96. The number of terminal acetylenes is 1. The second-order valence-corrected chi connectivity index (χ2v) is 15.7. The molecule has 0 spiro atoms. The molecule has 3 aromatic heterocycles. The minimum atomic E-state index is -0.519. The maximum atomic E-state index is 14.1. The third-order valence-corrected chi connectivity index (χ3v) is 10.8. The molecule has 2 fully saturated rings. The number of hydrogen-bond donors (Lipinski definition) is 3. The number of halogens is 1. The number of aromatic nitrogens is 9. The van der Waals surface area contributed by atoms with Gasteiger partial charge in [-0.05, 0) is 44.6 Å². The molecule has 2 aliphatic heterocycles. The number of carbonyl (C=O) groups is 2. The van der Waals surface area contributed by atoms with E-state index in [0.29, 0.717) is 135 Å². The van der Waals surface area contributed by atoms with E-state index < -0.39 is 12.1 Å². The number of nitrogens with one attached hydrogen (secondary N) is 1. The van der Waals surface area contributed by atoms with E-state index in [1.54, 1.807) is 15.6 Å². The molecule has 21 nitrogen and oxygen atoms in total. The Morgan fingerprint density at radius 1 is 0.794 bits per heavy atom. The number of aryl methyl sites for hydroxylation is 1. The van der Waals surface area contributed by atoms with Gasteiger partial charge in [-0.1, -0.05) is 43.5 Å². The Kier molecular flexibility index (Phi) is 22.2. The summed E-state index contributed by atoms with van der Waals surface area (Å²) in [5, 5.41) is 29.8. The van der Waals surface area contributed by atoms with E-state index in [2.05, 4.69) is 48.6 Å². The maximum Gasteiger partial charge on any atom is 0.247 e. The molecule has 0 radical (unpaired) electrons. The fourth-order valence-electron chi connectivity index (χ4n) is 7.34. The van der Waals surface area contributed by atoms with Crippen molar-refractivity contribution in [3.63, 3.8) is 0 Å². The molecule has 350 valence electrons. The normalized spacial score (nSPS) is 15.3. The largest absolute Gasteiger partial charge is 0.396 e. The van der Waals surface area contributed by atoms with Crippen LogP contribution in [0.2, 0.25) is 0 Å². The molecule has 0 saturated carbocycles. The van der Waals surface area contributed by atoms with Crippen LogP contribution in [0.3, 0.4) is 0 Å². The van der Waals surface area contributed by atoms with Crippen molar-refractivity contribution in [1.29, 1.82) is 0 Å². The topological polar surface area (TPSA) is 233 Å². The summed E-state index contributed by atoms with van der Waals surface area (Å²) in [5.41, 5.74) is 7.35. The number of unbranched alkanes of at least 4 members (excludes halogenated alkanes) is 2. The molecule has 2 saturated heterocycles. The van der Waals surface area contributed by atoms with Crippen molar-refractivity contribution in [3.05, 3.63) is 23.8 Å². The second kappa shape index (κ2) is 27.5. The summed E-state index contributed by atoms with van der Waals surface area (Å²) in [4.78, 5) is 50.5. The SMILES string of the molecule is C#CCOCCOCCOCCNc1nc(N2CCN(C(=O)[C@H](C(C)C)n3cc(CCO)nn3)CC2)nc(N2CCN(C(=O)[C@H](CCCCN)n3cc(CCCC)nn3)CC2)n1.Cl. The lowest BCUT2D eigenvalue weighted by atomic mass is 10.0. The lowest BCUT2D eigenvalue weighted by Gasteiger charge is -2.38. The number of nitrogens with two attached hydrogens (primary N) is 1. The van der Waals surface area contributed by atoms with Crippen molar-refractivity contribution in [2.45, 2.75) is 77.8 Å². The van der Waals surface area contributed by atoms with E-state index in [9.17, 15) is 14.7 Å². The fourth-order valence-corrected chi connectivity index (χ4v) is 7.34. The van der Waals surface area contributed by atoms with Crippen LogP contribution in [0.15, 0.2) is 12.4 Å². The number of rotatable bonds is 27. The molecule has 0 unspecified atom stereocenters. The fraction of sp³-hybridized carbons (Fsp3) is 0.732. The van der Waals surface area contributed by atoms with E-state index in [0.717, 1.165) is 37.8 Å². The van der Waals surface area contributed by atoms with E-state index in [1.807, 2.05) is 29.8 Å². The zero-order chi connectivity index (χ0) is 44.1. The maximum absolute atomic E-state index is 14.1.